The Hall–Kier alpha value is -1.60. The summed E-state index contributed by atoms with van der Waals surface area (Å²) in [5.74, 6) is -1.23. The summed E-state index contributed by atoms with van der Waals surface area (Å²) in [5, 5.41) is 11.4. The molecule has 1 amide bonds. The molecular formula is C13H14N2O3S2. The number of carboxylic acids is 1. The van der Waals surface area contributed by atoms with Crippen molar-refractivity contribution in [3.8, 4) is 0 Å². The quantitative estimate of drug-likeness (QED) is 0.829. The molecule has 0 aliphatic rings. The number of carboxylic acid groups (broad SMARTS) is 1. The van der Waals surface area contributed by atoms with Crippen LogP contribution in [-0.4, -0.2) is 33.3 Å². The summed E-state index contributed by atoms with van der Waals surface area (Å²) in [5.41, 5.74) is -0.350. The van der Waals surface area contributed by atoms with E-state index in [1.54, 1.807) is 0 Å². The SMILES string of the molecule is CC(C)(NC(=O)CSc1nc2ccccc2s1)C(=O)O. The molecule has 1 heterocycles. The Labute approximate surface area is 124 Å². The van der Waals surface area contributed by atoms with Crippen molar-refractivity contribution in [1.82, 2.24) is 10.3 Å². The lowest BCUT2D eigenvalue weighted by Gasteiger charge is -2.20. The van der Waals surface area contributed by atoms with Gasteiger partial charge in [0.1, 0.15) is 5.54 Å². The Morgan fingerprint density at radius 1 is 1.40 bits per heavy atom. The molecule has 0 fully saturated rings. The number of hydrogen-bond donors (Lipinski definition) is 2. The van der Waals surface area contributed by atoms with Crippen molar-refractivity contribution in [3.05, 3.63) is 24.3 Å². The third-order valence-corrected chi connectivity index (χ3v) is 4.77. The summed E-state index contributed by atoms with van der Waals surface area (Å²) < 4.78 is 1.87. The summed E-state index contributed by atoms with van der Waals surface area (Å²) in [4.78, 5) is 27.1. The zero-order valence-corrected chi connectivity index (χ0v) is 12.7. The number of nitrogens with one attached hydrogen (secondary N) is 1. The molecule has 0 radical (unpaired) electrons. The second-order valence-electron chi connectivity index (χ2n) is 4.71. The van der Waals surface area contributed by atoms with Crippen molar-refractivity contribution in [3.63, 3.8) is 0 Å². The van der Waals surface area contributed by atoms with E-state index < -0.39 is 11.5 Å². The van der Waals surface area contributed by atoms with Crippen LogP contribution in [0.1, 0.15) is 13.8 Å². The van der Waals surface area contributed by atoms with Crippen LogP contribution in [0.15, 0.2) is 28.6 Å². The number of carbonyl (C=O) groups is 2. The molecule has 2 rings (SSSR count). The highest BCUT2D eigenvalue weighted by Crippen LogP contribution is 2.29. The van der Waals surface area contributed by atoms with E-state index in [1.807, 2.05) is 24.3 Å². The van der Waals surface area contributed by atoms with Crippen LogP contribution in [0.25, 0.3) is 10.2 Å². The molecule has 1 aromatic carbocycles. The number of carbonyl (C=O) groups excluding carboxylic acids is 1. The van der Waals surface area contributed by atoms with Crippen molar-refractivity contribution < 1.29 is 14.7 Å². The number of benzene rings is 1. The average Bonchev–Trinajstić information content (AvgIpc) is 2.78. The predicted molar refractivity (Wildman–Crippen MR) is 80.2 cm³/mol. The van der Waals surface area contributed by atoms with E-state index >= 15 is 0 Å². The minimum absolute atomic E-state index is 0.149. The number of nitrogens with zero attached hydrogens (tertiary/aromatic N) is 1. The van der Waals surface area contributed by atoms with Gasteiger partial charge in [0.25, 0.3) is 0 Å². The number of aromatic nitrogens is 1. The van der Waals surface area contributed by atoms with E-state index in [1.165, 1.54) is 36.9 Å². The van der Waals surface area contributed by atoms with Gasteiger partial charge in [-0.05, 0) is 26.0 Å². The van der Waals surface area contributed by atoms with E-state index in [9.17, 15) is 9.59 Å². The zero-order valence-electron chi connectivity index (χ0n) is 11.0. The Kier molecular flexibility index (Phi) is 4.29. The maximum atomic E-state index is 11.7. The molecule has 0 unspecified atom stereocenters. The number of thiazole rings is 1. The van der Waals surface area contributed by atoms with Crippen LogP contribution in [0.3, 0.4) is 0 Å². The van der Waals surface area contributed by atoms with Gasteiger partial charge in [0, 0.05) is 0 Å². The van der Waals surface area contributed by atoms with Crippen LogP contribution in [-0.2, 0) is 9.59 Å². The van der Waals surface area contributed by atoms with Gasteiger partial charge >= 0.3 is 5.97 Å². The van der Waals surface area contributed by atoms with Crippen molar-refractivity contribution in [2.24, 2.45) is 0 Å². The molecule has 1 aromatic heterocycles. The van der Waals surface area contributed by atoms with E-state index in [-0.39, 0.29) is 11.7 Å². The topological polar surface area (TPSA) is 79.3 Å². The number of rotatable bonds is 5. The van der Waals surface area contributed by atoms with Crippen molar-refractivity contribution in [1.29, 1.82) is 0 Å². The molecule has 7 heteroatoms. The third kappa shape index (κ3) is 3.49. The molecule has 2 N–H and O–H groups in total. The first-order chi connectivity index (χ1) is 9.38. The molecule has 2 aromatic rings. The molecule has 0 spiro atoms. The van der Waals surface area contributed by atoms with Gasteiger partial charge < -0.3 is 10.4 Å². The minimum Gasteiger partial charge on any atom is -0.480 e. The summed E-state index contributed by atoms with van der Waals surface area (Å²) in [6.45, 7) is 2.91. The lowest BCUT2D eigenvalue weighted by atomic mass is 10.1. The van der Waals surface area contributed by atoms with Gasteiger partial charge in [-0.2, -0.15) is 0 Å². The summed E-state index contributed by atoms with van der Waals surface area (Å²) in [6.07, 6.45) is 0. The van der Waals surface area contributed by atoms with Crippen LogP contribution < -0.4 is 5.32 Å². The van der Waals surface area contributed by atoms with Gasteiger partial charge in [-0.25, -0.2) is 9.78 Å². The first-order valence-electron chi connectivity index (χ1n) is 5.91. The predicted octanol–water partition coefficient (Wildman–Crippen LogP) is 2.37. The fourth-order valence-corrected chi connectivity index (χ4v) is 3.35. The van der Waals surface area contributed by atoms with Gasteiger partial charge in [-0.15, -0.1) is 11.3 Å². The normalized spacial score (nSPS) is 11.5. The van der Waals surface area contributed by atoms with E-state index in [4.69, 9.17) is 5.11 Å². The number of amides is 1. The molecule has 5 nitrogen and oxygen atoms in total. The first kappa shape index (κ1) is 14.8. The van der Waals surface area contributed by atoms with Crippen molar-refractivity contribution in [2.75, 3.05) is 5.75 Å². The van der Waals surface area contributed by atoms with Gasteiger partial charge in [-0.1, -0.05) is 23.9 Å². The Balaban J connectivity index is 1.95. The number of thioether (sulfide) groups is 1. The molecule has 0 saturated carbocycles. The maximum Gasteiger partial charge on any atom is 0.328 e. The smallest absolute Gasteiger partial charge is 0.328 e. The molecule has 0 bridgehead atoms. The van der Waals surface area contributed by atoms with Crippen LogP contribution in [0.2, 0.25) is 0 Å². The highest BCUT2D eigenvalue weighted by molar-refractivity contribution is 8.01. The summed E-state index contributed by atoms with van der Waals surface area (Å²) in [6, 6.07) is 7.75. The average molecular weight is 310 g/mol. The van der Waals surface area contributed by atoms with Crippen LogP contribution in [0.5, 0.6) is 0 Å². The lowest BCUT2D eigenvalue weighted by Crippen LogP contribution is -2.50. The zero-order chi connectivity index (χ0) is 14.8. The molecule has 0 aliphatic heterocycles. The maximum absolute atomic E-state index is 11.7. The fourth-order valence-electron chi connectivity index (χ4n) is 1.48. The highest BCUT2D eigenvalue weighted by atomic mass is 32.2. The van der Waals surface area contributed by atoms with Gasteiger partial charge in [0.05, 0.1) is 16.0 Å². The largest absolute Gasteiger partial charge is 0.480 e. The molecule has 20 heavy (non-hydrogen) atoms. The van der Waals surface area contributed by atoms with Gasteiger partial charge in [0.2, 0.25) is 5.91 Å². The van der Waals surface area contributed by atoms with Crippen molar-refractivity contribution >= 4 is 45.2 Å². The molecule has 0 saturated heterocycles. The van der Waals surface area contributed by atoms with Gasteiger partial charge in [-0.3, -0.25) is 4.79 Å². The Morgan fingerprint density at radius 3 is 2.75 bits per heavy atom. The number of aliphatic carboxylic acids is 1. The van der Waals surface area contributed by atoms with Crippen LogP contribution in [0.4, 0.5) is 0 Å². The van der Waals surface area contributed by atoms with Gasteiger partial charge in [0.15, 0.2) is 4.34 Å². The third-order valence-electron chi connectivity index (χ3n) is 2.59. The fraction of sp³-hybridized carbons (Fsp3) is 0.308. The molecule has 0 aliphatic carbocycles. The van der Waals surface area contributed by atoms with Crippen LogP contribution >= 0.6 is 23.1 Å². The number of para-hydroxylation sites is 1. The number of hydrogen-bond acceptors (Lipinski definition) is 5. The van der Waals surface area contributed by atoms with E-state index in [0.717, 1.165) is 14.6 Å². The second kappa shape index (κ2) is 5.80. The van der Waals surface area contributed by atoms with E-state index in [2.05, 4.69) is 10.3 Å². The second-order valence-corrected chi connectivity index (χ2v) is 6.97. The highest BCUT2D eigenvalue weighted by Gasteiger charge is 2.28. The Bertz CT molecular complexity index is 619. The lowest BCUT2D eigenvalue weighted by molar-refractivity contribution is -0.145. The van der Waals surface area contributed by atoms with Crippen LogP contribution in [0, 0.1) is 0 Å². The monoisotopic (exact) mass is 310 g/mol. The number of fused-ring (bicyclic) bond motifs is 1. The standard InChI is InChI=1S/C13H14N2O3S2/c1-13(2,11(17)18)15-10(16)7-19-12-14-8-5-3-4-6-9(8)20-12/h3-6H,7H2,1-2H3,(H,15,16)(H,17,18). The molecule has 106 valence electrons. The molecule has 0 atom stereocenters. The summed E-state index contributed by atoms with van der Waals surface area (Å²) >= 11 is 2.83. The van der Waals surface area contributed by atoms with E-state index in [0.29, 0.717) is 0 Å². The van der Waals surface area contributed by atoms with Crippen molar-refractivity contribution in [2.45, 2.75) is 23.7 Å². The first-order valence-corrected chi connectivity index (χ1v) is 7.71. The molecular weight excluding hydrogens is 296 g/mol. The summed E-state index contributed by atoms with van der Waals surface area (Å²) in [7, 11) is 0. The minimum atomic E-state index is -1.26. The Morgan fingerprint density at radius 2 is 2.10 bits per heavy atom.